The molecule has 0 aliphatic carbocycles. The summed E-state index contributed by atoms with van der Waals surface area (Å²) in [5.74, 6) is 0.720. The van der Waals surface area contributed by atoms with E-state index in [-0.39, 0.29) is 12.5 Å². The zero-order chi connectivity index (χ0) is 18.7. The molecule has 0 saturated carbocycles. The maximum Gasteiger partial charge on any atom is 0.243 e. The van der Waals surface area contributed by atoms with Crippen molar-refractivity contribution in [2.45, 2.75) is 26.7 Å². The SMILES string of the molecule is CCOCCCNC(=NCC(=O)N(C)C)N(C)CCc1ncc(C)s1. The Balaban J connectivity index is 2.57. The quantitative estimate of drug-likeness (QED) is 0.383. The average Bonchev–Trinajstić information content (AvgIpc) is 3.00. The molecule has 0 fully saturated rings. The van der Waals surface area contributed by atoms with Crippen molar-refractivity contribution < 1.29 is 9.53 Å². The van der Waals surface area contributed by atoms with E-state index in [0.717, 1.165) is 50.1 Å². The van der Waals surface area contributed by atoms with Crippen LogP contribution in [0.2, 0.25) is 0 Å². The van der Waals surface area contributed by atoms with Crippen LogP contribution in [0, 0.1) is 6.92 Å². The van der Waals surface area contributed by atoms with Gasteiger partial charge in [0.2, 0.25) is 5.91 Å². The Morgan fingerprint density at radius 1 is 1.40 bits per heavy atom. The first kappa shape index (κ1) is 21.4. The Labute approximate surface area is 155 Å². The number of aliphatic imine (C=N–C) groups is 1. The third-order valence-corrected chi connectivity index (χ3v) is 4.48. The molecule has 25 heavy (non-hydrogen) atoms. The van der Waals surface area contributed by atoms with Gasteiger partial charge in [0, 0.05) is 64.9 Å². The van der Waals surface area contributed by atoms with Crippen molar-refractivity contribution in [1.29, 1.82) is 0 Å². The first-order chi connectivity index (χ1) is 11.9. The topological polar surface area (TPSA) is 70.1 Å². The molecule has 142 valence electrons. The number of guanidine groups is 1. The molecule has 0 spiro atoms. The van der Waals surface area contributed by atoms with Gasteiger partial charge in [-0.1, -0.05) is 0 Å². The Hall–Kier alpha value is -1.67. The summed E-state index contributed by atoms with van der Waals surface area (Å²) in [5.41, 5.74) is 0. The minimum atomic E-state index is -0.0161. The van der Waals surface area contributed by atoms with Crippen LogP contribution in [-0.4, -0.2) is 80.6 Å². The van der Waals surface area contributed by atoms with E-state index in [4.69, 9.17) is 4.74 Å². The van der Waals surface area contributed by atoms with Crippen LogP contribution in [0.3, 0.4) is 0 Å². The summed E-state index contributed by atoms with van der Waals surface area (Å²) >= 11 is 1.72. The molecule has 1 heterocycles. The molecule has 1 amide bonds. The van der Waals surface area contributed by atoms with E-state index in [1.165, 1.54) is 4.88 Å². The number of rotatable bonds is 10. The van der Waals surface area contributed by atoms with Gasteiger partial charge in [-0.25, -0.2) is 9.98 Å². The van der Waals surface area contributed by atoms with Gasteiger partial charge in [0.05, 0.1) is 5.01 Å². The van der Waals surface area contributed by atoms with E-state index in [1.54, 1.807) is 30.3 Å². The standard InChI is InChI=1S/C17H31N5O2S/c1-6-24-11-7-9-18-17(20-13-16(23)21(3)4)22(5)10-8-15-19-12-14(2)25-15/h12H,6-11,13H2,1-5H3,(H,18,20). The molecular weight excluding hydrogens is 338 g/mol. The van der Waals surface area contributed by atoms with Crippen LogP contribution in [-0.2, 0) is 16.0 Å². The molecule has 1 aromatic heterocycles. The lowest BCUT2D eigenvalue weighted by Gasteiger charge is -2.22. The van der Waals surface area contributed by atoms with Crippen LogP contribution >= 0.6 is 11.3 Å². The molecule has 0 unspecified atom stereocenters. The molecule has 0 aromatic carbocycles. The smallest absolute Gasteiger partial charge is 0.243 e. The molecule has 0 bridgehead atoms. The van der Waals surface area contributed by atoms with Crippen molar-refractivity contribution >= 4 is 23.2 Å². The zero-order valence-electron chi connectivity index (χ0n) is 16.0. The highest BCUT2D eigenvalue weighted by Gasteiger charge is 2.10. The largest absolute Gasteiger partial charge is 0.382 e. The van der Waals surface area contributed by atoms with Crippen molar-refractivity contribution in [3.63, 3.8) is 0 Å². The van der Waals surface area contributed by atoms with Gasteiger partial charge in [-0.2, -0.15) is 0 Å². The van der Waals surface area contributed by atoms with Crippen molar-refractivity contribution in [2.75, 3.05) is 54.0 Å². The predicted molar refractivity (Wildman–Crippen MR) is 103 cm³/mol. The summed E-state index contributed by atoms with van der Waals surface area (Å²) in [5, 5.41) is 4.44. The lowest BCUT2D eigenvalue weighted by molar-refractivity contribution is -0.127. The summed E-state index contributed by atoms with van der Waals surface area (Å²) in [7, 11) is 5.46. The minimum Gasteiger partial charge on any atom is -0.382 e. The highest BCUT2D eigenvalue weighted by molar-refractivity contribution is 7.11. The summed E-state index contributed by atoms with van der Waals surface area (Å²) in [6.07, 6.45) is 3.65. The van der Waals surface area contributed by atoms with Gasteiger partial charge in [-0.3, -0.25) is 4.79 Å². The number of aromatic nitrogens is 1. The van der Waals surface area contributed by atoms with Crippen molar-refractivity contribution in [3.05, 3.63) is 16.1 Å². The molecule has 1 aromatic rings. The normalized spacial score (nSPS) is 11.5. The van der Waals surface area contributed by atoms with Crippen molar-refractivity contribution in [1.82, 2.24) is 20.1 Å². The number of nitrogens with zero attached hydrogens (tertiary/aromatic N) is 4. The van der Waals surface area contributed by atoms with Gasteiger partial charge in [0.25, 0.3) is 0 Å². The Morgan fingerprint density at radius 2 is 2.16 bits per heavy atom. The number of thiazole rings is 1. The summed E-state index contributed by atoms with van der Waals surface area (Å²) in [6.45, 7) is 7.18. The second-order valence-corrected chi connectivity index (χ2v) is 7.26. The molecule has 1 N–H and O–H groups in total. The highest BCUT2D eigenvalue weighted by Crippen LogP contribution is 2.11. The number of nitrogens with one attached hydrogen (secondary N) is 1. The van der Waals surface area contributed by atoms with Gasteiger partial charge in [-0.05, 0) is 20.3 Å². The van der Waals surface area contributed by atoms with Crippen molar-refractivity contribution in [2.24, 2.45) is 4.99 Å². The maximum atomic E-state index is 11.8. The summed E-state index contributed by atoms with van der Waals surface area (Å²) in [4.78, 5) is 25.5. The van der Waals surface area contributed by atoms with E-state index < -0.39 is 0 Å². The van der Waals surface area contributed by atoms with E-state index in [0.29, 0.717) is 0 Å². The van der Waals surface area contributed by atoms with Crippen LogP contribution in [0.25, 0.3) is 0 Å². The molecule has 7 nitrogen and oxygen atoms in total. The summed E-state index contributed by atoms with van der Waals surface area (Å²) < 4.78 is 5.35. The fourth-order valence-electron chi connectivity index (χ4n) is 2.00. The number of hydrogen-bond acceptors (Lipinski definition) is 5. The number of carbonyl (C=O) groups is 1. The van der Waals surface area contributed by atoms with E-state index >= 15 is 0 Å². The van der Waals surface area contributed by atoms with E-state index in [1.807, 2.05) is 25.1 Å². The number of aryl methyl sites for hydroxylation is 1. The molecule has 0 aliphatic rings. The molecule has 1 rings (SSSR count). The van der Waals surface area contributed by atoms with E-state index in [2.05, 4.69) is 22.2 Å². The molecule has 0 atom stereocenters. The lowest BCUT2D eigenvalue weighted by Crippen LogP contribution is -2.41. The molecule has 0 radical (unpaired) electrons. The number of carbonyl (C=O) groups excluding carboxylic acids is 1. The molecule has 8 heteroatoms. The average molecular weight is 370 g/mol. The molecule has 0 aliphatic heterocycles. The zero-order valence-corrected chi connectivity index (χ0v) is 16.9. The van der Waals surface area contributed by atoms with Crippen LogP contribution in [0.4, 0.5) is 0 Å². The van der Waals surface area contributed by atoms with Crippen LogP contribution in [0.5, 0.6) is 0 Å². The van der Waals surface area contributed by atoms with Gasteiger partial charge < -0.3 is 19.9 Å². The third kappa shape index (κ3) is 8.83. The second kappa shape index (κ2) is 11.8. The highest BCUT2D eigenvalue weighted by atomic mass is 32.1. The van der Waals surface area contributed by atoms with Gasteiger partial charge >= 0.3 is 0 Å². The van der Waals surface area contributed by atoms with Crippen LogP contribution < -0.4 is 5.32 Å². The summed E-state index contributed by atoms with van der Waals surface area (Å²) in [6, 6.07) is 0. The minimum absolute atomic E-state index is 0.0161. The Kier molecular flexibility index (Phi) is 10.1. The predicted octanol–water partition coefficient (Wildman–Crippen LogP) is 1.39. The number of ether oxygens (including phenoxy) is 1. The maximum absolute atomic E-state index is 11.8. The number of likely N-dealkylation sites (N-methyl/N-ethyl adjacent to an activating group) is 2. The van der Waals surface area contributed by atoms with Crippen LogP contribution in [0.15, 0.2) is 11.2 Å². The first-order valence-electron chi connectivity index (χ1n) is 8.62. The van der Waals surface area contributed by atoms with Gasteiger partial charge in [-0.15, -0.1) is 11.3 Å². The van der Waals surface area contributed by atoms with Gasteiger partial charge in [0.15, 0.2) is 5.96 Å². The molecule has 0 saturated heterocycles. The number of amides is 1. The van der Waals surface area contributed by atoms with Crippen LogP contribution in [0.1, 0.15) is 23.2 Å². The Bertz CT molecular complexity index is 545. The first-order valence-corrected chi connectivity index (χ1v) is 9.44. The van der Waals surface area contributed by atoms with E-state index in [9.17, 15) is 4.79 Å². The fourth-order valence-corrected chi connectivity index (χ4v) is 2.78. The monoisotopic (exact) mass is 369 g/mol. The van der Waals surface area contributed by atoms with Gasteiger partial charge in [0.1, 0.15) is 6.54 Å². The fraction of sp³-hybridized carbons (Fsp3) is 0.706. The second-order valence-electron chi connectivity index (χ2n) is 5.94. The Morgan fingerprint density at radius 3 is 2.76 bits per heavy atom. The molecular formula is C17H31N5O2S. The van der Waals surface area contributed by atoms with Crippen molar-refractivity contribution in [3.8, 4) is 0 Å². The lowest BCUT2D eigenvalue weighted by atomic mass is 10.4. The third-order valence-electron chi connectivity index (χ3n) is 3.51. The number of hydrogen-bond donors (Lipinski definition) is 1.